The van der Waals surface area contributed by atoms with Crippen molar-refractivity contribution in [2.45, 2.75) is 26.6 Å². The van der Waals surface area contributed by atoms with Crippen LogP contribution in [0.3, 0.4) is 0 Å². The Hall–Kier alpha value is -2.90. The molecule has 0 amide bonds. The Bertz CT molecular complexity index is 936. The lowest BCUT2D eigenvalue weighted by atomic mass is 10.1. The van der Waals surface area contributed by atoms with Crippen molar-refractivity contribution in [2.75, 3.05) is 6.61 Å². The van der Waals surface area contributed by atoms with E-state index < -0.39 is 17.9 Å². The summed E-state index contributed by atoms with van der Waals surface area (Å²) in [6.07, 6.45) is -4.54. The summed E-state index contributed by atoms with van der Waals surface area (Å²) in [4.78, 5) is 12.1. The number of ether oxygens (including phenoxy) is 2. The number of carbonyl (C=O) groups excluding carboxylic acids is 1. The van der Waals surface area contributed by atoms with Crippen molar-refractivity contribution < 1.29 is 36.3 Å². The smallest absolute Gasteiger partial charge is 0.449 e. The Labute approximate surface area is 146 Å². The van der Waals surface area contributed by atoms with E-state index in [1.54, 1.807) is 32.0 Å². The van der Waals surface area contributed by atoms with Gasteiger partial charge in [0.05, 0.1) is 6.61 Å². The Morgan fingerprint density at radius 2 is 1.92 bits per heavy atom. The largest absolute Gasteiger partial charge is 0.486 e. The van der Waals surface area contributed by atoms with Crippen molar-refractivity contribution in [3.63, 3.8) is 0 Å². The maximum Gasteiger partial charge on any atom is 0.449 e. The number of furan rings is 2. The van der Waals surface area contributed by atoms with Gasteiger partial charge in [0, 0.05) is 5.39 Å². The van der Waals surface area contributed by atoms with E-state index in [1.807, 2.05) is 0 Å². The minimum Gasteiger partial charge on any atom is -0.486 e. The number of benzene rings is 1. The number of esters is 1. The molecular formula is C18H15F3O5. The van der Waals surface area contributed by atoms with Crippen molar-refractivity contribution in [3.8, 4) is 5.75 Å². The second kappa shape index (κ2) is 6.78. The Morgan fingerprint density at radius 1 is 1.15 bits per heavy atom. The van der Waals surface area contributed by atoms with E-state index in [4.69, 9.17) is 18.3 Å². The molecule has 8 heteroatoms. The normalized spacial score (nSPS) is 11.7. The lowest BCUT2D eigenvalue weighted by Gasteiger charge is -2.05. The predicted molar refractivity (Wildman–Crippen MR) is 84.9 cm³/mol. The molecule has 0 atom stereocenters. The standard InChI is InChI=1S/C18H15F3O5/c1-3-23-17(22)16-10(2)25-14-6-4-11(8-13(14)16)24-9-12-5-7-15(26-12)18(19,20)21/h4-8H,3,9H2,1-2H3. The first-order chi connectivity index (χ1) is 12.3. The number of hydrogen-bond acceptors (Lipinski definition) is 5. The number of halogens is 3. The van der Waals surface area contributed by atoms with E-state index >= 15 is 0 Å². The van der Waals surface area contributed by atoms with Gasteiger partial charge >= 0.3 is 12.1 Å². The first-order valence-corrected chi connectivity index (χ1v) is 7.78. The van der Waals surface area contributed by atoms with Gasteiger partial charge in [-0.05, 0) is 44.2 Å². The number of aryl methyl sites for hydroxylation is 1. The lowest BCUT2D eigenvalue weighted by Crippen LogP contribution is -2.05. The summed E-state index contributed by atoms with van der Waals surface area (Å²) in [5.41, 5.74) is 0.778. The molecule has 0 radical (unpaired) electrons. The fourth-order valence-electron chi connectivity index (χ4n) is 2.51. The van der Waals surface area contributed by atoms with Crippen LogP contribution in [0.2, 0.25) is 0 Å². The third kappa shape index (κ3) is 3.54. The van der Waals surface area contributed by atoms with Gasteiger partial charge in [0.15, 0.2) is 0 Å². The van der Waals surface area contributed by atoms with Crippen LogP contribution in [-0.2, 0) is 17.5 Å². The van der Waals surface area contributed by atoms with E-state index in [-0.39, 0.29) is 19.0 Å². The SMILES string of the molecule is CCOC(=O)c1c(C)oc2ccc(OCc3ccc(C(F)(F)F)o3)cc12. The highest BCUT2D eigenvalue weighted by Crippen LogP contribution is 2.32. The molecular weight excluding hydrogens is 353 g/mol. The van der Waals surface area contributed by atoms with Gasteiger partial charge in [-0.25, -0.2) is 4.79 Å². The van der Waals surface area contributed by atoms with Crippen LogP contribution in [0, 0.1) is 6.92 Å². The topological polar surface area (TPSA) is 61.8 Å². The van der Waals surface area contributed by atoms with Crippen LogP contribution in [0.25, 0.3) is 11.0 Å². The second-order valence-electron chi connectivity index (χ2n) is 5.46. The summed E-state index contributed by atoms with van der Waals surface area (Å²) in [7, 11) is 0. The molecule has 0 aliphatic rings. The molecule has 0 spiro atoms. The molecule has 0 N–H and O–H groups in total. The average Bonchev–Trinajstić information content (AvgIpc) is 3.16. The van der Waals surface area contributed by atoms with E-state index in [0.29, 0.717) is 28.0 Å². The van der Waals surface area contributed by atoms with E-state index in [2.05, 4.69) is 0 Å². The van der Waals surface area contributed by atoms with Crippen molar-refractivity contribution in [1.29, 1.82) is 0 Å². The molecule has 138 valence electrons. The van der Waals surface area contributed by atoms with Gasteiger partial charge in [-0.2, -0.15) is 13.2 Å². The van der Waals surface area contributed by atoms with Gasteiger partial charge in [0.1, 0.15) is 35.0 Å². The Morgan fingerprint density at radius 3 is 2.58 bits per heavy atom. The van der Waals surface area contributed by atoms with E-state index in [0.717, 1.165) is 6.07 Å². The van der Waals surface area contributed by atoms with Gasteiger partial charge in [-0.1, -0.05) is 0 Å². The molecule has 0 bridgehead atoms. The fraction of sp³-hybridized carbons (Fsp3) is 0.278. The van der Waals surface area contributed by atoms with Gasteiger partial charge in [0.2, 0.25) is 5.76 Å². The molecule has 5 nitrogen and oxygen atoms in total. The summed E-state index contributed by atoms with van der Waals surface area (Å²) < 4.78 is 58.3. The maximum absolute atomic E-state index is 12.5. The van der Waals surface area contributed by atoms with Gasteiger partial charge < -0.3 is 18.3 Å². The summed E-state index contributed by atoms with van der Waals surface area (Å²) in [6.45, 7) is 3.38. The molecule has 3 rings (SSSR count). The maximum atomic E-state index is 12.5. The third-order valence-corrected chi connectivity index (χ3v) is 3.64. The summed E-state index contributed by atoms with van der Waals surface area (Å²) >= 11 is 0. The van der Waals surface area contributed by atoms with Crippen molar-refractivity contribution in [2.24, 2.45) is 0 Å². The summed E-state index contributed by atoms with van der Waals surface area (Å²) in [6, 6.07) is 6.83. The van der Waals surface area contributed by atoms with Gasteiger partial charge in [-0.3, -0.25) is 0 Å². The minimum atomic E-state index is -4.54. The summed E-state index contributed by atoms with van der Waals surface area (Å²) in [5, 5.41) is 0.508. The number of hydrogen-bond donors (Lipinski definition) is 0. The zero-order valence-corrected chi connectivity index (χ0v) is 14.0. The van der Waals surface area contributed by atoms with Crippen LogP contribution < -0.4 is 4.74 Å². The van der Waals surface area contributed by atoms with E-state index in [1.165, 1.54) is 6.07 Å². The zero-order chi connectivity index (χ0) is 18.9. The molecule has 0 fully saturated rings. The minimum absolute atomic E-state index is 0.0337. The molecule has 0 aliphatic carbocycles. The molecule has 26 heavy (non-hydrogen) atoms. The predicted octanol–water partition coefficient (Wildman–Crippen LogP) is 5.11. The lowest BCUT2D eigenvalue weighted by molar-refractivity contribution is -0.153. The molecule has 0 saturated heterocycles. The molecule has 2 heterocycles. The Balaban J connectivity index is 1.81. The molecule has 0 aliphatic heterocycles. The van der Waals surface area contributed by atoms with Crippen LogP contribution in [-0.4, -0.2) is 12.6 Å². The summed E-state index contributed by atoms with van der Waals surface area (Å²) in [5.74, 6) is -0.792. The number of rotatable bonds is 5. The van der Waals surface area contributed by atoms with E-state index in [9.17, 15) is 18.0 Å². The molecule has 3 aromatic rings. The molecule has 2 aromatic heterocycles. The molecule has 0 saturated carbocycles. The highest BCUT2D eigenvalue weighted by Gasteiger charge is 2.34. The molecule has 1 aromatic carbocycles. The monoisotopic (exact) mass is 368 g/mol. The third-order valence-electron chi connectivity index (χ3n) is 3.64. The zero-order valence-electron chi connectivity index (χ0n) is 14.0. The first kappa shape index (κ1) is 17.9. The number of fused-ring (bicyclic) bond motifs is 1. The highest BCUT2D eigenvalue weighted by molar-refractivity contribution is 6.04. The number of alkyl halides is 3. The fourth-order valence-corrected chi connectivity index (χ4v) is 2.51. The average molecular weight is 368 g/mol. The quantitative estimate of drug-likeness (QED) is 0.586. The van der Waals surface area contributed by atoms with Crippen molar-refractivity contribution in [3.05, 3.63) is 53.2 Å². The molecule has 0 unspecified atom stereocenters. The Kier molecular flexibility index (Phi) is 4.67. The van der Waals surface area contributed by atoms with Gasteiger partial charge in [-0.15, -0.1) is 0 Å². The second-order valence-corrected chi connectivity index (χ2v) is 5.46. The van der Waals surface area contributed by atoms with Crippen LogP contribution in [0.1, 0.15) is 34.6 Å². The van der Waals surface area contributed by atoms with Crippen molar-refractivity contribution >= 4 is 16.9 Å². The number of carbonyl (C=O) groups is 1. The van der Waals surface area contributed by atoms with Crippen LogP contribution in [0.15, 0.2) is 39.2 Å². The van der Waals surface area contributed by atoms with Crippen LogP contribution >= 0.6 is 0 Å². The van der Waals surface area contributed by atoms with Crippen LogP contribution in [0.5, 0.6) is 5.75 Å². The first-order valence-electron chi connectivity index (χ1n) is 7.78. The van der Waals surface area contributed by atoms with Crippen LogP contribution in [0.4, 0.5) is 13.2 Å². The van der Waals surface area contributed by atoms with Gasteiger partial charge in [0.25, 0.3) is 0 Å². The highest BCUT2D eigenvalue weighted by atomic mass is 19.4. The van der Waals surface area contributed by atoms with Crippen molar-refractivity contribution in [1.82, 2.24) is 0 Å².